The first-order valence-corrected chi connectivity index (χ1v) is 14.7. The second-order valence-electron chi connectivity index (χ2n) is 11.4. The summed E-state index contributed by atoms with van der Waals surface area (Å²) in [5.41, 5.74) is 8.73. The molecular weight excluding hydrogens is 524 g/mol. The second kappa shape index (κ2) is 8.37. The molecule has 10 rings (SSSR count). The van der Waals surface area contributed by atoms with Crippen molar-refractivity contribution in [3.05, 3.63) is 146 Å². The van der Waals surface area contributed by atoms with Crippen LogP contribution in [0.2, 0.25) is 0 Å². The third-order valence-electron chi connectivity index (χ3n) is 9.06. The van der Waals surface area contributed by atoms with Gasteiger partial charge in [0.15, 0.2) is 5.58 Å². The average molecular weight is 549 g/mol. The summed E-state index contributed by atoms with van der Waals surface area (Å²) in [4.78, 5) is 0. The Kier molecular flexibility index (Phi) is 4.45. The van der Waals surface area contributed by atoms with Crippen LogP contribution in [0.1, 0.15) is 0 Å². The summed E-state index contributed by atoms with van der Waals surface area (Å²) in [6.07, 6.45) is 0. The zero-order valence-corrected chi connectivity index (χ0v) is 23.2. The van der Waals surface area contributed by atoms with Crippen molar-refractivity contribution in [2.75, 3.05) is 0 Å². The molecule has 0 bridgehead atoms. The Balaban J connectivity index is 1.40. The lowest BCUT2D eigenvalue weighted by atomic mass is 10.0. The van der Waals surface area contributed by atoms with E-state index in [9.17, 15) is 0 Å². The molecule has 0 atom stereocenters. The highest BCUT2D eigenvalue weighted by molar-refractivity contribution is 6.21. The topological polar surface area (TPSA) is 23.0 Å². The Morgan fingerprint density at radius 3 is 1.88 bits per heavy atom. The smallest absolute Gasteiger partial charge is 0.159 e. The summed E-state index contributed by atoms with van der Waals surface area (Å²) in [5, 5.41) is 9.74. The van der Waals surface area contributed by atoms with E-state index in [1.165, 1.54) is 48.9 Å². The number of nitrogens with zero attached hydrogens (tertiary/aromatic N) is 2. The number of furan rings is 1. The first-order chi connectivity index (χ1) is 21.3. The maximum atomic E-state index is 6.55. The van der Waals surface area contributed by atoms with Crippen molar-refractivity contribution in [3.63, 3.8) is 0 Å². The van der Waals surface area contributed by atoms with Gasteiger partial charge in [0.2, 0.25) is 0 Å². The number of aromatic nitrogens is 2. The molecule has 10 aromatic rings. The molecule has 0 amide bonds. The molecule has 3 heteroatoms. The van der Waals surface area contributed by atoms with Crippen LogP contribution in [-0.4, -0.2) is 9.13 Å². The largest absolute Gasteiger partial charge is 0.454 e. The second-order valence-corrected chi connectivity index (χ2v) is 11.4. The van der Waals surface area contributed by atoms with Crippen LogP contribution in [0.4, 0.5) is 0 Å². The summed E-state index contributed by atoms with van der Waals surface area (Å²) < 4.78 is 11.4. The van der Waals surface area contributed by atoms with Crippen LogP contribution < -0.4 is 0 Å². The third kappa shape index (κ3) is 3.08. The van der Waals surface area contributed by atoms with Gasteiger partial charge in [0.1, 0.15) is 5.58 Å². The van der Waals surface area contributed by atoms with Gasteiger partial charge in [-0.2, -0.15) is 0 Å². The molecule has 0 saturated heterocycles. The lowest BCUT2D eigenvalue weighted by molar-refractivity contribution is 0.666. The molecule has 0 radical (unpaired) electrons. The number of fused-ring (bicyclic) bond motifs is 10. The van der Waals surface area contributed by atoms with Gasteiger partial charge in [-0.1, -0.05) is 91.0 Å². The van der Waals surface area contributed by atoms with Gasteiger partial charge in [0.25, 0.3) is 0 Å². The van der Waals surface area contributed by atoms with Crippen LogP contribution in [0.15, 0.2) is 150 Å². The predicted octanol–water partition coefficient (Wildman–Crippen LogP) is 10.9. The maximum absolute atomic E-state index is 6.55. The number of benzene rings is 7. The monoisotopic (exact) mass is 548 g/mol. The van der Waals surface area contributed by atoms with Gasteiger partial charge in [-0.05, 0) is 65.4 Å². The summed E-state index contributed by atoms with van der Waals surface area (Å²) in [5.74, 6) is 0. The molecule has 0 saturated carbocycles. The molecule has 3 nitrogen and oxygen atoms in total. The highest BCUT2D eigenvalue weighted by Crippen LogP contribution is 2.42. The minimum Gasteiger partial charge on any atom is -0.454 e. The van der Waals surface area contributed by atoms with Crippen molar-refractivity contribution < 1.29 is 4.42 Å². The van der Waals surface area contributed by atoms with Gasteiger partial charge in [0, 0.05) is 38.0 Å². The van der Waals surface area contributed by atoms with E-state index in [2.05, 4.69) is 149 Å². The van der Waals surface area contributed by atoms with Crippen LogP contribution >= 0.6 is 0 Å². The Bertz CT molecular complexity index is 2720. The van der Waals surface area contributed by atoms with Crippen molar-refractivity contribution >= 4 is 76.3 Å². The molecule has 200 valence electrons. The van der Waals surface area contributed by atoms with E-state index in [0.717, 1.165) is 38.8 Å². The summed E-state index contributed by atoms with van der Waals surface area (Å²) in [7, 11) is 0. The third-order valence-corrected chi connectivity index (χ3v) is 9.06. The van der Waals surface area contributed by atoms with E-state index >= 15 is 0 Å². The van der Waals surface area contributed by atoms with E-state index in [1.807, 2.05) is 6.07 Å². The molecule has 0 aliphatic rings. The fourth-order valence-corrected chi connectivity index (χ4v) is 7.19. The number of rotatable bonds is 2. The van der Waals surface area contributed by atoms with Crippen LogP contribution in [0.3, 0.4) is 0 Å². The summed E-state index contributed by atoms with van der Waals surface area (Å²) in [6.45, 7) is 0. The average Bonchev–Trinajstić information content (AvgIpc) is 3.70. The minimum absolute atomic E-state index is 0.904. The zero-order valence-electron chi connectivity index (χ0n) is 23.2. The Morgan fingerprint density at radius 1 is 0.372 bits per heavy atom. The lowest BCUT2D eigenvalue weighted by Gasteiger charge is -2.10. The van der Waals surface area contributed by atoms with Gasteiger partial charge < -0.3 is 13.6 Å². The molecule has 3 aromatic heterocycles. The van der Waals surface area contributed by atoms with Crippen LogP contribution in [0.25, 0.3) is 87.7 Å². The SMILES string of the molecule is c1ccc(-n2c3cc4ccccc4cc3c3cc4c5ccccc5n(-c5cccc6c5oc5ccccc56)c4cc32)cc1. The van der Waals surface area contributed by atoms with Gasteiger partial charge in [-0.3, -0.25) is 0 Å². The first kappa shape index (κ1) is 22.8. The molecule has 0 aliphatic carbocycles. The number of hydrogen-bond acceptors (Lipinski definition) is 1. The van der Waals surface area contributed by atoms with Crippen LogP contribution in [0.5, 0.6) is 0 Å². The molecule has 0 aliphatic heterocycles. The van der Waals surface area contributed by atoms with Crippen molar-refractivity contribution in [1.82, 2.24) is 9.13 Å². The minimum atomic E-state index is 0.904. The molecule has 7 aromatic carbocycles. The normalized spacial score (nSPS) is 12.2. The number of para-hydroxylation sites is 4. The Labute approximate surface area is 246 Å². The van der Waals surface area contributed by atoms with Crippen LogP contribution in [-0.2, 0) is 0 Å². The van der Waals surface area contributed by atoms with Crippen molar-refractivity contribution in [2.45, 2.75) is 0 Å². The van der Waals surface area contributed by atoms with Crippen LogP contribution in [0, 0.1) is 0 Å². The van der Waals surface area contributed by atoms with E-state index < -0.39 is 0 Å². The standard InChI is InChI=1S/C40H24N2O/c1-2-13-27(14-3-1)41-36-22-26-12-5-4-11-25(26)21-31(36)33-23-32-28-15-6-8-18-34(28)42(38(32)24-37(33)41)35-19-10-17-30-29-16-7-9-20-39(29)43-40(30)35/h1-24H. The Morgan fingerprint density at radius 2 is 1.00 bits per heavy atom. The molecule has 0 spiro atoms. The lowest BCUT2D eigenvalue weighted by Crippen LogP contribution is -1.96. The van der Waals surface area contributed by atoms with Gasteiger partial charge in [-0.15, -0.1) is 0 Å². The number of hydrogen-bond donors (Lipinski definition) is 0. The maximum Gasteiger partial charge on any atom is 0.159 e. The van der Waals surface area contributed by atoms with E-state index in [0.29, 0.717) is 0 Å². The zero-order chi connectivity index (χ0) is 28.1. The molecule has 0 fully saturated rings. The quantitative estimate of drug-likeness (QED) is 0.211. The molecular formula is C40H24N2O. The van der Waals surface area contributed by atoms with Crippen molar-refractivity contribution in [3.8, 4) is 11.4 Å². The van der Waals surface area contributed by atoms with E-state index in [-0.39, 0.29) is 0 Å². The van der Waals surface area contributed by atoms with Crippen molar-refractivity contribution in [1.29, 1.82) is 0 Å². The highest BCUT2D eigenvalue weighted by Gasteiger charge is 2.21. The van der Waals surface area contributed by atoms with Gasteiger partial charge in [0.05, 0.1) is 27.8 Å². The first-order valence-electron chi connectivity index (χ1n) is 14.7. The fourth-order valence-electron chi connectivity index (χ4n) is 7.19. The Hall–Kier alpha value is -5.80. The van der Waals surface area contributed by atoms with E-state index in [4.69, 9.17) is 4.42 Å². The highest BCUT2D eigenvalue weighted by atomic mass is 16.3. The molecule has 3 heterocycles. The summed E-state index contributed by atoms with van der Waals surface area (Å²) in [6, 6.07) is 52.3. The molecule has 0 unspecified atom stereocenters. The fraction of sp³-hybridized carbons (Fsp3) is 0. The van der Waals surface area contributed by atoms with E-state index in [1.54, 1.807) is 0 Å². The predicted molar refractivity (Wildman–Crippen MR) is 180 cm³/mol. The molecule has 43 heavy (non-hydrogen) atoms. The van der Waals surface area contributed by atoms with Crippen molar-refractivity contribution in [2.24, 2.45) is 0 Å². The van der Waals surface area contributed by atoms with Gasteiger partial charge >= 0.3 is 0 Å². The molecule has 0 N–H and O–H groups in total. The van der Waals surface area contributed by atoms with Gasteiger partial charge in [-0.25, -0.2) is 0 Å². The summed E-state index contributed by atoms with van der Waals surface area (Å²) >= 11 is 0.